The van der Waals surface area contributed by atoms with Gasteiger partial charge in [0.05, 0.1) is 6.61 Å². The molecule has 1 aromatic carbocycles. The second kappa shape index (κ2) is 8.62. The number of hydrogen-bond acceptors (Lipinski definition) is 2. The monoisotopic (exact) mass is 317 g/mol. The first-order valence-electron chi connectivity index (χ1n) is 6.30. The molecular weight excluding hydrogens is 297 g/mol. The second-order valence-electron chi connectivity index (χ2n) is 4.45. The standard InChI is InChI=1S/C14H21BrFNO/c1-3-11(10-17-4-5-18-2)6-12-7-13(15)9-14(16)8-12/h7-9,11,17H,3-6,10H2,1-2H3. The summed E-state index contributed by atoms with van der Waals surface area (Å²) in [7, 11) is 1.70. The van der Waals surface area contributed by atoms with Crippen LogP contribution in [0.15, 0.2) is 22.7 Å². The highest BCUT2D eigenvalue weighted by Gasteiger charge is 2.08. The van der Waals surface area contributed by atoms with Gasteiger partial charge in [-0.3, -0.25) is 0 Å². The lowest BCUT2D eigenvalue weighted by Gasteiger charge is -2.16. The Balaban J connectivity index is 2.46. The maximum absolute atomic E-state index is 13.3. The maximum Gasteiger partial charge on any atom is 0.124 e. The quantitative estimate of drug-likeness (QED) is 0.742. The largest absolute Gasteiger partial charge is 0.383 e. The predicted molar refractivity (Wildman–Crippen MR) is 76.3 cm³/mol. The minimum absolute atomic E-state index is 0.179. The second-order valence-corrected chi connectivity index (χ2v) is 5.37. The third-order valence-electron chi connectivity index (χ3n) is 2.94. The van der Waals surface area contributed by atoms with Crippen LogP contribution in [-0.2, 0) is 11.2 Å². The Morgan fingerprint density at radius 2 is 2.17 bits per heavy atom. The third-order valence-corrected chi connectivity index (χ3v) is 3.40. The SMILES string of the molecule is CCC(CNCCOC)Cc1cc(F)cc(Br)c1. The number of methoxy groups -OCH3 is 1. The Kier molecular flexibility index (Phi) is 7.47. The molecule has 1 atom stereocenters. The van der Waals surface area contributed by atoms with Gasteiger partial charge in [-0.15, -0.1) is 0 Å². The maximum atomic E-state index is 13.3. The van der Waals surface area contributed by atoms with E-state index in [0.29, 0.717) is 5.92 Å². The molecule has 1 aromatic rings. The van der Waals surface area contributed by atoms with Crippen molar-refractivity contribution in [3.05, 3.63) is 34.1 Å². The van der Waals surface area contributed by atoms with Gasteiger partial charge in [0.2, 0.25) is 0 Å². The zero-order chi connectivity index (χ0) is 13.4. The van der Waals surface area contributed by atoms with E-state index < -0.39 is 0 Å². The van der Waals surface area contributed by atoms with E-state index in [9.17, 15) is 4.39 Å². The molecular formula is C14H21BrFNO. The van der Waals surface area contributed by atoms with Crippen LogP contribution in [0, 0.1) is 11.7 Å². The van der Waals surface area contributed by atoms with E-state index in [1.54, 1.807) is 13.2 Å². The van der Waals surface area contributed by atoms with Crippen molar-refractivity contribution in [1.29, 1.82) is 0 Å². The van der Waals surface area contributed by atoms with Crippen LogP contribution in [0.25, 0.3) is 0 Å². The average molecular weight is 318 g/mol. The smallest absolute Gasteiger partial charge is 0.124 e. The number of halogens is 2. The van der Waals surface area contributed by atoms with Crippen LogP contribution in [0.3, 0.4) is 0 Å². The highest BCUT2D eigenvalue weighted by molar-refractivity contribution is 9.10. The van der Waals surface area contributed by atoms with Crippen LogP contribution in [0.1, 0.15) is 18.9 Å². The van der Waals surface area contributed by atoms with E-state index >= 15 is 0 Å². The van der Waals surface area contributed by atoms with E-state index in [-0.39, 0.29) is 5.82 Å². The molecule has 0 fully saturated rings. The molecule has 0 bridgehead atoms. The van der Waals surface area contributed by atoms with Crippen molar-refractivity contribution in [3.63, 3.8) is 0 Å². The topological polar surface area (TPSA) is 21.3 Å². The molecule has 18 heavy (non-hydrogen) atoms. The van der Waals surface area contributed by atoms with Crippen molar-refractivity contribution in [3.8, 4) is 0 Å². The molecule has 0 aliphatic carbocycles. The first-order valence-corrected chi connectivity index (χ1v) is 7.09. The van der Waals surface area contributed by atoms with Crippen LogP contribution in [0.2, 0.25) is 0 Å². The van der Waals surface area contributed by atoms with Gasteiger partial charge in [0.1, 0.15) is 5.82 Å². The van der Waals surface area contributed by atoms with Crippen LogP contribution in [-0.4, -0.2) is 26.8 Å². The highest BCUT2D eigenvalue weighted by atomic mass is 79.9. The molecule has 0 amide bonds. The minimum Gasteiger partial charge on any atom is -0.383 e. The molecule has 102 valence electrons. The van der Waals surface area contributed by atoms with E-state index in [2.05, 4.69) is 28.2 Å². The van der Waals surface area contributed by atoms with Gasteiger partial charge in [-0.1, -0.05) is 29.3 Å². The van der Waals surface area contributed by atoms with Gasteiger partial charge in [-0.05, 0) is 42.6 Å². The molecule has 0 aliphatic rings. The summed E-state index contributed by atoms with van der Waals surface area (Å²) in [5.41, 5.74) is 1.04. The molecule has 0 spiro atoms. The van der Waals surface area contributed by atoms with Gasteiger partial charge in [0, 0.05) is 18.1 Å². The molecule has 0 aliphatic heterocycles. The minimum atomic E-state index is -0.179. The number of rotatable bonds is 8. The van der Waals surface area contributed by atoms with Crippen molar-refractivity contribution >= 4 is 15.9 Å². The lowest BCUT2D eigenvalue weighted by Crippen LogP contribution is -2.27. The lowest BCUT2D eigenvalue weighted by atomic mass is 9.97. The number of hydrogen-bond donors (Lipinski definition) is 1. The molecule has 4 heteroatoms. The summed E-state index contributed by atoms with van der Waals surface area (Å²) in [6.45, 7) is 4.69. The lowest BCUT2D eigenvalue weighted by molar-refractivity contribution is 0.197. The van der Waals surface area contributed by atoms with Crippen molar-refractivity contribution in [2.45, 2.75) is 19.8 Å². The molecule has 0 saturated heterocycles. The summed E-state index contributed by atoms with van der Waals surface area (Å²) in [5, 5.41) is 3.36. The fourth-order valence-corrected chi connectivity index (χ4v) is 2.42. The van der Waals surface area contributed by atoms with E-state index in [0.717, 1.165) is 42.6 Å². The van der Waals surface area contributed by atoms with Crippen molar-refractivity contribution in [1.82, 2.24) is 5.32 Å². The summed E-state index contributed by atoms with van der Waals surface area (Å²) in [4.78, 5) is 0. The van der Waals surface area contributed by atoms with Crippen molar-refractivity contribution in [2.75, 3.05) is 26.8 Å². The summed E-state index contributed by atoms with van der Waals surface area (Å²) in [6.07, 6.45) is 1.97. The van der Waals surface area contributed by atoms with Crippen LogP contribution < -0.4 is 5.32 Å². The fraction of sp³-hybridized carbons (Fsp3) is 0.571. The molecule has 0 radical (unpaired) electrons. The summed E-state index contributed by atoms with van der Waals surface area (Å²) < 4.78 is 19.1. The van der Waals surface area contributed by atoms with Crippen LogP contribution in [0.4, 0.5) is 4.39 Å². The predicted octanol–water partition coefficient (Wildman–Crippen LogP) is 3.39. The molecule has 0 saturated carbocycles. The molecule has 1 rings (SSSR count). The normalized spacial score (nSPS) is 12.7. The van der Waals surface area contributed by atoms with Crippen LogP contribution >= 0.6 is 15.9 Å². The van der Waals surface area contributed by atoms with Gasteiger partial charge in [0.25, 0.3) is 0 Å². The first kappa shape index (κ1) is 15.6. The van der Waals surface area contributed by atoms with Crippen LogP contribution in [0.5, 0.6) is 0 Å². The zero-order valence-corrected chi connectivity index (χ0v) is 12.6. The molecule has 2 nitrogen and oxygen atoms in total. The third kappa shape index (κ3) is 5.94. The van der Waals surface area contributed by atoms with Crippen molar-refractivity contribution in [2.24, 2.45) is 5.92 Å². The molecule has 0 aromatic heterocycles. The Morgan fingerprint density at radius 1 is 1.39 bits per heavy atom. The van der Waals surface area contributed by atoms with Gasteiger partial charge in [0.15, 0.2) is 0 Å². The van der Waals surface area contributed by atoms with E-state index in [1.165, 1.54) is 6.07 Å². The highest BCUT2D eigenvalue weighted by Crippen LogP contribution is 2.18. The van der Waals surface area contributed by atoms with Gasteiger partial charge in [-0.25, -0.2) is 4.39 Å². The van der Waals surface area contributed by atoms with Gasteiger partial charge < -0.3 is 10.1 Å². The number of benzene rings is 1. The van der Waals surface area contributed by atoms with Gasteiger partial charge >= 0.3 is 0 Å². The number of ether oxygens (including phenoxy) is 1. The van der Waals surface area contributed by atoms with E-state index in [4.69, 9.17) is 4.74 Å². The molecule has 1 N–H and O–H groups in total. The zero-order valence-electron chi connectivity index (χ0n) is 11.0. The summed E-state index contributed by atoms with van der Waals surface area (Å²) >= 11 is 3.33. The first-order chi connectivity index (χ1) is 8.65. The Bertz CT molecular complexity index is 339. The Hall–Kier alpha value is -0.450. The Labute approximate surface area is 117 Å². The molecule has 0 heterocycles. The van der Waals surface area contributed by atoms with E-state index in [1.807, 2.05) is 6.07 Å². The Morgan fingerprint density at radius 3 is 2.78 bits per heavy atom. The molecule has 1 unspecified atom stereocenters. The average Bonchev–Trinajstić information content (AvgIpc) is 2.32. The fourth-order valence-electron chi connectivity index (χ4n) is 1.90. The number of nitrogens with one attached hydrogen (secondary N) is 1. The van der Waals surface area contributed by atoms with Crippen molar-refractivity contribution < 1.29 is 9.13 Å². The summed E-state index contributed by atoms with van der Waals surface area (Å²) in [5.74, 6) is 0.345. The summed E-state index contributed by atoms with van der Waals surface area (Å²) in [6, 6.07) is 5.09. The van der Waals surface area contributed by atoms with Gasteiger partial charge in [-0.2, -0.15) is 0 Å².